The molecule has 0 fully saturated rings. The van der Waals surface area contributed by atoms with Crippen LogP contribution in [0.25, 0.3) is 11.1 Å². The summed E-state index contributed by atoms with van der Waals surface area (Å²) in [6.07, 6.45) is -0.661. The van der Waals surface area contributed by atoms with Crippen LogP contribution in [0.15, 0.2) is 33.8 Å². The van der Waals surface area contributed by atoms with Gasteiger partial charge < -0.3 is 14.4 Å². The Bertz CT molecular complexity index is 644. The maximum Gasteiger partial charge on any atom is 0.261 e. The number of para-hydroxylation sites is 2. The van der Waals surface area contributed by atoms with Gasteiger partial charge in [0.15, 0.2) is 5.58 Å². The Kier molecular flexibility index (Phi) is 6.60. The highest BCUT2D eigenvalue weighted by Gasteiger charge is 2.18. The molecule has 0 aliphatic heterocycles. The summed E-state index contributed by atoms with van der Waals surface area (Å²) in [6.45, 7) is 8.93. The van der Waals surface area contributed by atoms with E-state index in [2.05, 4.69) is 42.7 Å². The van der Waals surface area contributed by atoms with Crippen LogP contribution in [0.3, 0.4) is 0 Å². The van der Waals surface area contributed by atoms with Crippen molar-refractivity contribution in [3.63, 3.8) is 0 Å². The van der Waals surface area contributed by atoms with Gasteiger partial charge in [0.2, 0.25) is 5.17 Å². The third kappa shape index (κ3) is 4.93. The molecule has 0 amide bonds. The van der Waals surface area contributed by atoms with Crippen molar-refractivity contribution >= 4 is 27.9 Å². The van der Waals surface area contributed by atoms with Crippen LogP contribution in [0.2, 0.25) is 0 Å². The molecule has 1 heterocycles. The van der Waals surface area contributed by atoms with Crippen molar-refractivity contribution in [1.82, 2.24) is 9.88 Å². The molecule has 0 aliphatic carbocycles. The summed E-state index contributed by atoms with van der Waals surface area (Å²) in [5.74, 6) is 0.193. The Morgan fingerprint density at radius 2 is 1.96 bits per heavy atom. The highest BCUT2D eigenvalue weighted by Crippen LogP contribution is 2.16. The summed E-state index contributed by atoms with van der Waals surface area (Å²) >= 11 is 6.04. The minimum Gasteiger partial charge on any atom is -0.434 e. The van der Waals surface area contributed by atoms with E-state index in [0.29, 0.717) is 29.7 Å². The molecule has 6 nitrogen and oxygen atoms in total. The quantitative estimate of drug-likeness (QED) is 0.582. The molecule has 0 bridgehead atoms. The molecule has 0 saturated carbocycles. The van der Waals surface area contributed by atoms with Gasteiger partial charge in [-0.05, 0) is 39.8 Å². The second kappa shape index (κ2) is 8.46. The normalized spacial score (nSPS) is 14.1. The molecular weight excluding hydrogens is 330 g/mol. The lowest BCUT2D eigenvalue weighted by Crippen LogP contribution is -2.43. The van der Waals surface area contributed by atoms with Gasteiger partial charge >= 0.3 is 0 Å². The number of rotatable bonds is 8. The van der Waals surface area contributed by atoms with Crippen molar-refractivity contribution in [2.24, 2.45) is 5.16 Å². The second-order valence-electron chi connectivity index (χ2n) is 6.20. The number of hydrogen-bond donors (Lipinski definition) is 1. The number of hydrogen-bond acceptors (Lipinski definition) is 6. The summed E-state index contributed by atoms with van der Waals surface area (Å²) in [7, 11) is 0. The van der Waals surface area contributed by atoms with Crippen molar-refractivity contribution in [3.05, 3.63) is 30.2 Å². The van der Waals surface area contributed by atoms with E-state index in [1.54, 1.807) is 6.07 Å². The minimum absolute atomic E-state index is 0.0166. The first-order valence-electron chi connectivity index (χ1n) is 8.03. The van der Waals surface area contributed by atoms with Crippen LogP contribution in [-0.4, -0.2) is 51.5 Å². The van der Waals surface area contributed by atoms with E-state index in [1.165, 1.54) is 0 Å². The predicted octanol–water partition coefficient (Wildman–Crippen LogP) is 3.22. The lowest BCUT2D eigenvalue weighted by atomic mass is 10.2. The van der Waals surface area contributed by atoms with Crippen molar-refractivity contribution in [3.8, 4) is 0 Å². The molecule has 1 atom stereocenters. The number of aromatic nitrogens is 1. The van der Waals surface area contributed by atoms with Crippen LogP contribution in [0, 0.1) is 0 Å². The zero-order valence-corrected chi connectivity index (χ0v) is 15.2. The Balaban J connectivity index is 1.90. The maximum atomic E-state index is 10.1. The SMILES string of the molecule is CC(C)N(CC(O)CO/N=C(\Cl)c1nc2ccccc2o1)C(C)C. The maximum absolute atomic E-state index is 10.1. The third-order valence-corrected chi connectivity index (χ3v) is 3.86. The van der Waals surface area contributed by atoms with Gasteiger partial charge in [0.25, 0.3) is 5.89 Å². The summed E-state index contributed by atoms with van der Waals surface area (Å²) < 4.78 is 5.49. The molecule has 0 spiro atoms. The number of aliphatic hydroxyl groups is 1. The lowest BCUT2D eigenvalue weighted by molar-refractivity contribution is 0.00615. The average Bonchev–Trinajstić information content (AvgIpc) is 2.96. The van der Waals surface area contributed by atoms with Crippen molar-refractivity contribution < 1.29 is 14.4 Å². The van der Waals surface area contributed by atoms with Gasteiger partial charge in [-0.1, -0.05) is 28.9 Å². The van der Waals surface area contributed by atoms with E-state index in [4.69, 9.17) is 20.9 Å². The van der Waals surface area contributed by atoms with Crippen molar-refractivity contribution in [2.45, 2.75) is 45.9 Å². The van der Waals surface area contributed by atoms with E-state index >= 15 is 0 Å². The van der Waals surface area contributed by atoms with Crippen molar-refractivity contribution in [1.29, 1.82) is 0 Å². The molecule has 1 aromatic carbocycles. The second-order valence-corrected chi connectivity index (χ2v) is 6.56. The molecule has 1 aromatic heterocycles. The molecule has 132 valence electrons. The number of aliphatic hydroxyl groups excluding tert-OH is 1. The number of fused-ring (bicyclic) bond motifs is 1. The summed E-state index contributed by atoms with van der Waals surface area (Å²) in [6, 6.07) is 8.01. The lowest BCUT2D eigenvalue weighted by Gasteiger charge is -2.31. The van der Waals surface area contributed by atoms with E-state index in [1.807, 2.05) is 18.2 Å². The zero-order valence-electron chi connectivity index (χ0n) is 14.4. The summed E-state index contributed by atoms with van der Waals surface area (Å²) in [5.41, 5.74) is 1.33. The number of oxazole rings is 1. The molecule has 1 N–H and O–H groups in total. The standard InChI is InChI=1S/C17H24ClN3O3/c1-11(2)21(12(3)4)9-13(22)10-23-20-16(18)17-19-14-7-5-6-8-15(14)24-17/h5-8,11-13,22H,9-10H2,1-4H3/b20-16-. The fourth-order valence-corrected chi connectivity index (χ4v) is 2.62. The van der Waals surface area contributed by atoms with Gasteiger partial charge in [0, 0.05) is 18.6 Å². The number of halogens is 1. The molecule has 7 heteroatoms. The molecule has 24 heavy (non-hydrogen) atoms. The van der Waals surface area contributed by atoms with Gasteiger partial charge in [-0.3, -0.25) is 4.90 Å². The highest BCUT2D eigenvalue weighted by molar-refractivity contribution is 6.68. The van der Waals surface area contributed by atoms with Crippen LogP contribution >= 0.6 is 11.6 Å². The largest absolute Gasteiger partial charge is 0.434 e. The zero-order chi connectivity index (χ0) is 17.7. The van der Waals surface area contributed by atoms with E-state index in [-0.39, 0.29) is 17.7 Å². The summed E-state index contributed by atoms with van der Waals surface area (Å²) in [4.78, 5) is 11.6. The van der Waals surface area contributed by atoms with E-state index < -0.39 is 6.10 Å². The van der Waals surface area contributed by atoms with Gasteiger partial charge in [-0.2, -0.15) is 0 Å². The first kappa shape index (κ1) is 18.7. The van der Waals surface area contributed by atoms with Gasteiger partial charge in [-0.15, -0.1) is 0 Å². The molecule has 0 radical (unpaired) electrons. The predicted molar refractivity (Wildman–Crippen MR) is 95.3 cm³/mol. The average molecular weight is 354 g/mol. The fraction of sp³-hybridized carbons (Fsp3) is 0.529. The van der Waals surface area contributed by atoms with Crippen LogP contribution in [0.1, 0.15) is 33.6 Å². The topological polar surface area (TPSA) is 71.1 Å². The first-order chi connectivity index (χ1) is 11.4. The highest BCUT2D eigenvalue weighted by atomic mass is 35.5. The van der Waals surface area contributed by atoms with Gasteiger partial charge in [0.05, 0.1) is 0 Å². The minimum atomic E-state index is -0.661. The molecular formula is C17H24ClN3O3. The van der Waals surface area contributed by atoms with Gasteiger partial charge in [-0.25, -0.2) is 4.98 Å². The number of benzene rings is 1. The molecule has 2 rings (SSSR count). The number of nitrogens with zero attached hydrogens (tertiary/aromatic N) is 3. The molecule has 0 aliphatic rings. The Hall–Kier alpha value is -1.63. The van der Waals surface area contributed by atoms with Crippen LogP contribution in [-0.2, 0) is 4.84 Å². The Morgan fingerprint density at radius 3 is 2.58 bits per heavy atom. The van der Waals surface area contributed by atoms with Crippen LogP contribution in [0.5, 0.6) is 0 Å². The van der Waals surface area contributed by atoms with E-state index in [9.17, 15) is 5.11 Å². The Labute approximate surface area is 147 Å². The molecule has 1 unspecified atom stereocenters. The van der Waals surface area contributed by atoms with Crippen molar-refractivity contribution in [2.75, 3.05) is 13.2 Å². The monoisotopic (exact) mass is 353 g/mol. The summed E-state index contributed by atoms with van der Waals surface area (Å²) in [5, 5.41) is 13.9. The molecule has 0 saturated heterocycles. The van der Waals surface area contributed by atoms with Crippen LogP contribution in [0.4, 0.5) is 0 Å². The Morgan fingerprint density at radius 1 is 1.29 bits per heavy atom. The fourth-order valence-electron chi connectivity index (χ4n) is 2.49. The smallest absolute Gasteiger partial charge is 0.261 e. The third-order valence-electron chi connectivity index (χ3n) is 3.63. The van der Waals surface area contributed by atoms with E-state index in [0.717, 1.165) is 0 Å². The van der Waals surface area contributed by atoms with Crippen LogP contribution < -0.4 is 0 Å². The van der Waals surface area contributed by atoms with Gasteiger partial charge in [0.1, 0.15) is 18.2 Å². The molecule has 2 aromatic rings. The number of oxime groups is 1. The first-order valence-corrected chi connectivity index (χ1v) is 8.41.